The topological polar surface area (TPSA) is 56.7 Å². The van der Waals surface area contributed by atoms with Crippen LogP contribution in [-0.4, -0.2) is 59.5 Å². The molecule has 1 fully saturated rings. The van der Waals surface area contributed by atoms with Crippen LogP contribution >= 0.6 is 11.5 Å². The van der Waals surface area contributed by atoms with Crippen LogP contribution in [0.4, 0.5) is 9.52 Å². The molecule has 27 heavy (non-hydrogen) atoms. The molecular formula is C19H27FN6S. The maximum absolute atomic E-state index is 13.0. The highest BCUT2D eigenvalue weighted by Crippen LogP contribution is 2.19. The van der Waals surface area contributed by atoms with E-state index in [-0.39, 0.29) is 5.82 Å². The van der Waals surface area contributed by atoms with Crippen LogP contribution < -0.4 is 10.2 Å². The Hall–Kier alpha value is -2.22. The van der Waals surface area contributed by atoms with Gasteiger partial charge in [0, 0.05) is 57.2 Å². The number of aryl methyl sites for hydroxylation is 1. The molecular weight excluding hydrogens is 363 g/mol. The van der Waals surface area contributed by atoms with Gasteiger partial charge >= 0.3 is 0 Å². The number of nitrogens with one attached hydrogen (secondary N) is 1. The standard InChI is InChI=1S/C19H27FN6S/c1-3-17-23-19(27-24-17)26-13-11-25(12-14-26)18(21-4-2)22-10-9-15-5-7-16(20)8-6-15/h5-8H,3-4,9-14H2,1-2H3,(H,21,22). The van der Waals surface area contributed by atoms with Crippen molar-refractivity contribution in [3.05, 3.63) is 41.5 Å². The predicted octanol–water partition coefficient (Wildman–Crippen LogP) is 2.57. The third kappa shape index (κ3) is 5.38. The third-order valence-corrected chi connectivity index (χ3v) is 5.35. The van der Waals surface area contributed by atoms with E-state index in [1.54, 1.807) is 0 Å². The molecule has 0 spiro atoms. The lowest BCUT2D eigenvalue weighted by atomic mass is 10.1. The smallest absolute Gasteiger partial charge is 0.205 e. The molecule has 0 unspecified atom stereocenters. The fraction of sp³-hybridized carbons (Fsp3) is 0.526. The fourth-order valence-electron chi connectivity index (χ4n) is 2.99. The number of anilines is 1. The van der Waals surface area contributed by atoms with Crippen LogP contribution in [-0.2, 0) is 12.8 Å². The van der Waals surface area contributed by atoms with Gasteiger partial charge in [-0.1, -0.05) is 19.1 Å². The summed E-state index contributed by atoms with van der Waals surface area (Å²) in [6.45, 7) is 9.33. The Balaban J connectivity index is 1.54. The monoisotopic (exact) mass is 390 g/mol. The largest absolute Gasteiger partial charge is 0.357 e. The molecule has 146 valence electrons. The van der Waals surface area contributed by atoms with Crippen molar-refractivity contribution in [1.82, 2.24) is 19.6 Å². The van der Waals surface area contributed by atoms with Crippen molar-refractivity contribution in [2.75, 3.05) is 44.2 Å². The maximum atomic E-state index is 13.0. The first-order chi connectivity index (χ1) is 13.2. The average Bonchev–Trinajstić information content (AvgIpc) is 3.18. The Bertz CT molecular complexity index is 737. The molecule has 0 saturated carbocycles. The highest BCUT2D eigenvalue weighted by molar-refractivity contribution is 7.09. The van der Waals surface area contributed by atoms with Crippen LogP contribution in [0.2, 0.25) is 0 Å². The van der Waals surface area contributed by atoms with Gasteiger partial charge in [0.2, 0.25) is 5.13 Å². The molecule has 0 bridgehead atoms. The number of halogens is 1. The summed E-state index contributed by atoms with van der Waals surface area (Å²) < 4.78 is 17.4. The third-order valence-electron chi connectivity index (χ3n) is 4.53. The number of aliphatic imine (C=N–C) groups is 1. The summed E-state index contributed by atoms with van der Waals surface area (Å²) in [6.07, 6.45) is 1.68. The fourth-order valence-corrected chi connectivity index (χ4v) is 3.80. The van der Waals surface area contributed by atoms with E-state index in [4.69, 9.17) is 4.99 Å². The van der Waals surface area contributed by atoms with E-state index in [1.807, 2.05) is 12.1 Å². The van der Waals surface area contributed by atoms with E-state index < -0.39 is 0 Å². The number of guanidine groups is 1. The van der Waals surface area contributed by atoms with Crippen molar-refractivity contribution < 1.29 is 4.39 Å². The Morgan fingerprint density at radius 1 is 1.19 bits per heavy atom. The number of hydrogen-bond donors (Lipinski definition) is 1. The molecule has 0 atom stereocenters. The first-order valence-electron chi connectivity index (χ1n) is 9.54. The van der Waals surface area contributed by atoms with Gasteiger partial charge < -0.3 is 15.1 Å². The second kappa shape index (κ2) is 9.64. The van der Waals surface area contributed by atoms with Crippen LogP contribution in [0.5, 0.6) is 0 Å². The van der Waals surface area contributed by atoms with Crippen molar-refractivity contribution in [3.8, 4) is 0 Å². The van der Waals surface area contributed by atoms with E-state index >= 15 is 0 Å². The molecule has 1 N–H and O–H groups in total. The second-order valence-electron chi connectivity index (χ2n) is 6.43. The van der Waals surface area contributed by atoms with E-state index in [0.717, 1.165) is 68.0 Å². The van der Waals surface area contributed by atoms with E-state index in [9.17, 15) is 4.39 Å². The first-order valence-corrected chi connectivity index (χ1v) is 10.3. The lowest BCUT2D eigenvalue weighted by Gasteiger charge is -2.36. The van der Waals surface area contributed by atoms with Crippen LogP contribution in [0.25, 0.3) is 0 Å². The van der Waals surface area contributed by atoms with Gasteiger partial charge in [0.05, 0.1) is 0 Å². The molecule has 1 aromatic carbocycles. The van der Waals surface area contributed by atoms with Gasteiger partial charge in [-0.3, -0.25) is 4.99 Å². The molecule has 3 rings (SSSR count). The van der Waals surface area contributed by atoms with Gasteiger partial charge in [0.25, 0.3) is 0 Å². The minimum atomic E-state index is -0.199. The Labute approximate surface area is 164 Å². The Kier molecular flexibility index (Phi) is 6.98. The van der Waals surface area contributed by atoms with Crippen LogP contribution in [0, 0.1) is 5.82 Å². The van der Waals surface area contributed by atoms with Gasteiger partial charge in [-0.05, 0) is 31.0 Å². The highest BCUT2D eigenvalue weighted by atomic mass is 32.1. The molecule has 0 radical (unpaired) electrons. The molecule has 2 aromatic rings. The second-order valence-corrected chi connectivity index (χ2v) is 7.16. The molecule has 6 nitrogen and oxygen atoms in total. The van der Waals surface area contributed by atoms with Crippen LogP contribution in [0.1, 0.15) is 25.2 Å². The van der Waals surface area contributed by atoms with Gasteiger partial charge in [-0.25, -0.2) is 9.37 Å². The zero-order valence-corrected chi connectivity index (χ0v) is 16.8. The van der Waals surface area contributed by atoms with E-state index in [2.05, 4.69) is 38.3 Å². The van der Waals surface area contributed by atoms with Crippen molar-refractivity contribution in [2.45, 2.75) is 26.7 Å². The predicted molar refractivity (Wildman–Crippen MR) is 109 cm³/mol. The summed E-state index contributed by atoms with van der Waals surface area (Å²) in [5.41, 5.74) is 1.10. The summed E-state index contributed by atoms with van der Waals surface area (Å²) in [5, 5.41) is 4.41. The quantitative estimate of drug-likeness (QED) is 0.607. The molecule has 2 heterocycles. The molecule has 1 saturated heterocycles. The van der Waals surface area contributed by atoms with Gasteiger partial charge in [0.1, 0.15) is 11.6 Å². The van der Waals surface area contributed by atoms with Crippen LogP contribution in [0.15, 0.2) is 29.3 Å². The maximum Gasteiger partial charge on any atom is 0.205 e. The number of aromatic nitrogens is 2. The van der Waals surface area contributed by atoms with Gasteiger partial charge in [-0.2, -0.15) is 4.37 Å². The number of benzene rings is 1. The molecule has 8 heteroatoms. The molecule has 0 aliphatic carbocycles. The average molecular weight is 391 g/mol. The first kappa shape index (κ1) is 19.5. The van der Waals surface area contributed by atoms with Crippen molar-refractivity contribution >= 4 is 22.6 Å². The SMILES string of the molecule is CCNC(=NCCc1ccc(F)cc1)N1CCN(c2nc(CC)ns2)CC1. The molecule has 1 aromatic heterocycles. The summed E-state index contributed by atoms with van der Waals surface area (Å²) in [5.74, 6) is 1.67. The van der Waals surface area contributed by atoms with E-state index in [1.165, 1.54) is 23.7 Å². The number of hydrogen-bond acceptors (Lipinski definition) is 5. The van der Waals surface area contributed by atoms with Crippen molar-refractivity contribution in [3.63, 3.8) is 0 Å². The molecule has 1 aliphatic rings. The minimum absolute atomic E-state index is 0.199. The summed E-state index contributed by atoms with van der Waals surface area (Å²) in [6, 6.07) is 6.65. The summed E-state index contributed by atoms with van der Waals surface area (Å²) >= 11 is 1.49. The minimum Gasteiger partial charge on any atom is -0.357 e. The van der Waals surface area contributed by atoms with E-state index in [0.29, 0.717) is 6.54 Å². The molecule has 1 aliphatic heterocycles. The summed E-state index contributed by atoms with van der Waals surface area (Å²) in [4.78, 5) is 14.0. The number of piperazine rings is 1. The Morgan fingerprint density at radius 2 is 1.93 bits per heavy atom. The van der Waals surface area contributed by atoms with Crippen molar-refractivity contribution in [1.29, 1.82) is 0 Å². The Morgan fingerprint density at radius 3 is 2.56 bits per heavy atom. The zero-order chi connectivity index (χ0) is 19.1. The molecule has 0 amide bonds. The number of nitrogens with zero attached hydrogens (tertiary/aromatic N) is 5. The highest BCUT2D eigenvalue weighted by Gasteiger charge is 2.21. The lowest BCUT2D eigenvalue weighted by Crippen LogP contribution is -2.52. The normalized spacial score (nSPS) is 15.3. The summed E-state index contributed by atoms with van der Waals surface area (Å²) in [7, 11) is 0. The van der Waals surface area contributed by atoms with Crippen molar-refractivity contribution in [2.24, 2.45) is 4.99 Å². The number of rotatable bonds is 6. The zero-order valence-electron chi connectivity index (χ0n) is 16.0. The van der Waals surface area contributed by atoms with Crippen LogP contribution in [0.3, 0.4) is 0 Å². The van der Waals surface area contributed by atoms with Gasteiger partial charge in [0.15, 0.2) is 5.96 Å². The van der Waals surface area contributed by atoms with Gasteiger partial charge in [-0.15, -0.1) is 0 Å². The lowest BCUT2D eigenvalue weighted by molar-refractivity contribution is 0.372.